The van der Waals surface area contributed by atoms with Crippen LogP contribution in [0.3, 0.4) is 0 Å². The van der Waals surface area contributed by atoms with Gasteiger partial charge in [-0.1, -0.05) is 87.0 Å². The molecule has 0 N–H and O–H groups in total. The maximum atomic E-state index is 14.7. The van der Waals surface area contributed by atoms with E-state index in [0.29, 0.717) is 16.3 Å². The Kier molecular flexibility index (Phi) is 14.0. The van der Waals surface area contributed by atoms with Gasteiger partial charge in [0.25, 0.3) is 5.18 Å². The van der Waals surface area contributed by atoms with Crippen molar-refractivity contribution in [3.63, 3.8) is 0 Å². The number of rotatable bonds is 15. The van der Waals surface area contributed by atoms with E-state index in [2.05, 4.69) is 70.3 Å². The molecule has 4 aromatic carbocycles. The van der Waals surface area contributed by atoms with Crippen molar-refractivity contribution < 1.29 is 33.0 Å². The highest BCUT2D eigenvalue weighted by Gasteiger charge is 2.62. The molecule has 5 rings (SSSR count). The monoisotopic (exact) mass is 832 g/mol. The average molecular weight is 833 g/mol. The van der Waals surface area contributed by atoms with Gasteiger partial charge in [-0.3, -0.25) is 9.69 Å². The van der Waals surface area contributed by atoms with Crippen molar-refractivity contribution in [2.24, 2.45) is 5.92 Å². The third kappa shape index (κ3) is 9.11. The minimum absolute atomic E-state index is 0.0699. The van der Waals surface area contributed by atoms with Crippen LogP contribution in [0, 0.1) is 5.92 Å². The Morgan fingerprint density at radius 3 is 1.75 bits per heavy atom. The molecule has 12 heteroatoms. The lowest BCUT2D eigenvalue weighted by Crippen LogP contribution is -2.65. The molecule has 1 aliphatic rings. The fourth-order valence-electron chi connectivity index (χ4n) is 6.56. The summed E-state index contributed by atoms with van der Waals surface area (Å²) in [6.07, 6.45) is -0.504. The smallest absolute Gasteiger partial charge is 0.355 e. The number of carbonyl (C=O) groups excluding carboxylic acids is 3. The Hall–Kier alpha value is -3.92. The Morgan fingerprint density at radius 2 is 1.32 bits per heavy atom. The van der Waals surface area contributed by atoms with Crippen LogP contribution in [0.25, 0.3) is 0 Å². The molecule has 4 atom stereocenters. The van der Waals surface area contributed by atoms with Crippen molar-refractivity contribution in [1.82, 2.24) is 4.90 Å². The molecule has 0 aromatic heterocycles. The summed E-state index contributed by atoms with van der Waals surface area (Å²) in [6, 6.07) is 38.4. The van der Waals surface area contributed by atoms with Crippen LogP contribution < -0.4 is 20.7 Å². The van der Waals surface area contributed by atoms with Gasteiger partial charge in [-0.25, -0.2) is 9.59 Å². The van der Waals surface area contributed by atoms with Crippen molar-refractivity contribution in [3.8, 4) is 5.75 Å². The molecular formula is C44H52ClNO7PSSi+. The van der Waals surface area contributed by atoms with Crippen molar-refractivity contribution in [1.29, 1.82) is 0 Å². The molecule has 0 aliphatic carbocycles. The van der Waals surface area contributed by atoms with Gasteiger partial charge in [0, 0.05) is 5.02 Å². The molecular weight excluding hydrogens is 781 g/mol. The van der Waals surface area contributed by atoms with Crippen LogP contribution >= 0.6 is 30.6 Å². The number of nitrogens with zero attached hydrogens (tertiary/aromatic N) is 1. The zero-order valence-electron chi connectivity index (χ0n) is 33.5. The number of benzene rings is 4. The number of methoxy groups -OCH3 is 1. The van der Waals surface area contributed by atoms with Gasteiger partial charge in [-0.05, 0) is 117 Å². The third-order valence-corrected chi connectivity index (χ3v) is 21.8. The maximum absolute atomic E-state index is 14.7. The summed E-state index contributed by atoms with van der Waals surface area (Å²) in [5.74, 6) is -1.83. The number of halogens is 1. The summed E-state index contributed by atoms with van der Waals surface area (Å²) in [7, 11) is -3.95. The lowest BCUT2D eigenvalue weighted by Gasteiger charge is -2.52. The molecule has 0 saturated carbocycles. The van der Waals surface area contributed by atoms with E-state index < -0.39 is 56.7 Å². The lowest BCUT2D eigenvalue weighted by molar-refractivity contribution is -0.161. The minimum Gasteiger partial charge on any atom is -0.466 e. The molecule has 1 saturated heterocycles. The number of thioether (sulfide) groups is 1. The van der Waals surface area contributed by atoms with Crippen LogP contribution in [0.1, 0.15) is 41.5 Å². The largest absolute Gasteiger partial charge is 0.466 e. The highest BCUT2D eigenvalue weighted by Crippen LogP contribution is 2.65. The molecule has 1 aliphatic heterocycles. The highest BCUT2D eigenvalue weighted by molar-refractivity contribution is 8.14. The van der Waals surface area contributed by atoms with E-state index in [1.54, 1.807) is 26.0 Å². The van der Waals surface area contributed by atoms with Crippen LogP contribution in [-0.2, 0) is 28.3 Å². The second kappa shape index (κ2) is 18.1. The van der Waals surface area contributed by atoms with Crippen LogP contribution in [0.15, 0.2) is 127 Å². The van der Waals surface area contributed by atoms with Crippen LogP contribution in [0.5, 0.6) is 5.75 Å². The highest BCUT2D eigenvalue weighted by atomic mass is 35.5. The van der Waals surface area contributed by atoms with Gasteiger partial charge in [0.2, 0.25) is 5.91 Å². The Morgan fingerprint density at radius 1 is 0.839 bits per heavy atom. The quantitative estimate of drug-likeness (QED) is 0.0293. The molecule has 1 unspecified atom stereocenters. The molecule has 4 aromatic rings. The molecule has 1 amide bonds. The van der Waals surface area contributed by atoms with Crippen molar-refractivity contribution in [2.45, 2.75) is 76.3 Å². The van der Waals surface area contributed by atoms with Crippen LogP contribution in [0.2, 0.25) is 23.2 Å². The number of carbonyl (C=O) groups is 3. The molecule has 0 radical (unpaired) electrons. The summed E-state index contributed by atoms with van der Waals surface area (Å²) in [5.41, 5.74) is 0.626. The third-order valence-electron chi connectivity index (χ3n) is 10.4. The van der Waals surface area contributed by atoms with Crippen LogP contribution in [0.4, 0.5) is 0 Å². The summed E-state index contributed by atoms with van der Waals surface area (Å²) >= 11 is 7.87. The Bertz CT molecular complexity index is 1910. The second-order valence-electron chi connectivity index (χ2n) is 15.5. The minimum atomic E-state index is -2.81. The molecule has 296 valence electrons. The van der Waals surface area contributed by atoms with Crippen molar-refractivity contribution >= 4 is 72.7 Å². The number of allylic oxidation sites excluding steroid dienone is 1. The number of β-lactam (4-membered cyclic amide) rings is 1. The van der Waals surface area contributed by atoms with E-state index in [0.717, 1.165) is 15.9 Å². The van der Waals surface area contributed by atoms with E-state index in [1.165, 1.54) is 23.8 Å². The molecule has 8 nitrogen and oxygen atoms in total. The van der Waals surface area contributed by atoms with Gasteiger partial charge in [0.15, 0.2) is 22.2 Å². The van der Waals surface area contributed by atoms with Gasteiger partial charge in [-0.15, -0.1) is 0 Å². The number of amides is 1. The molecule has 1 heterocycles. The first-order valence-electron chi connectivity index (χ1n) is 18.6. The zero-order valence-corrected chi connectivity index (χ0v) is 37.0. The van der Waals surface area contributed by atoms with E-state index in [1.807, 2.05) is 73.7 Å². The summed E-state index contributed by atoms with van der Waals surface area (Å²) in [6.45, 7) is 15.7. The zero-order chi connectivity index (χ0) is 40.8. The van der Waals surface area contributed by atoms with Gasteiger partial charge < -0.3 is 18.6 Å². The summed E-state index contributed by atoms with van der Waals surface area (Å²) in [4.78, 5) is 42.2. The summed E-state index contributed by atoms with van der Waals surface area (Å²) < 4.78 is 24.4. The SMILES string of the molecule is COC(=O)COC(=O)C(=C(C)C)N1C(=O)[C@H]([C@@H](C)O[Si](C)(C)C(C)(C)C)[C@H]1SC(Oc1ccc(Cl)cc1)[P+](c1ccccc1)(c1ccccc1)c1ccccc1. The predicted octanol–water partition coefficient (Wildman–Crippen LogP) is 8.93. The molecule has 0 spiro atoms. The number of esters is 2. The van der Waals surface area contributed by atoms with Gasteiger partial charge in [0.05, 0.1) is 19.1 Å². The van der Waals surface area contributed by atoms with E-state index in [4.69, 9.17) is 30.2 Å². The Labute approximate surface area is 342 Å². The van der Waals surface area contributed by atoms with Crippen LogP contribution in [-0.4, -0.2) is 61.4 Å². The first-order valence-corrected chi connectivity index (χ1v) is 24.7. The number of hydrogen-bond acceptors (Lipinski definition) is 8. The lowest BCUT2D eigenvalue weighted by atomic mass is 9.91. The topological polar surface area (TPSA) is 91.4 Å². The van der Waals surface area contributed by atoms with Gasteiger partial charge in [0.1, 0.15) is 32.7 Å². The number of likely N-dealkylation sites (tertiary alicyclic amines) is 1. The first-order chi connectivity index (χ1) is 26.5. The first kappa shape index (κ1) is 43.2. The van der Waals surface area contributed by atoms with Crippen molar-refractivity contribution in [2.75, 3.05) is 13.7 Å². The second-order valence-corrected chi connectivity index (χ2v) is 25.6. The molecule has 56 heavy (non-hydrogen) atoms. The number of ether oxygens (including phenoxy) is 3. The van der Waals surface area contributed by atoms with E-state index in [9.17, 15) is 14.4 Å². The fourth-order valence-corrected chi connectivity index (χ4v) is 15.4. The van der Waals surface area contributed by atoms with E-state index >= 15 is 0 Å². The number of hydrogen-bond donors (Lipinski definition) is 0. The predicted molar refractivity (Wildman–Crippen MR) is 232 cm³/mol. The van der Waals surface area contributed by atoms with Crippen molar-refractivity contribution in [3.05, 3.63) is 132 Å². The fraction of sp³-hybridized carbons (Fsp3) is 0.341. The standard InChI is InChI=1S/C44H52ClNO7PSSi/c1-30(2)39(42(49)51-29-37(47)50-7)46-40(48)38(31(3)53-56(8,9)44(4,5)6)41(46)55-43(52-33-27-25-32(45)26-28-33)54(34-19-13-10-14-20-34,35-21-15-11-16-22-35)36-23-17-12-18-24-36/h10-28,31,38,41,43H,29H2,1-9H3/q+1/t31-,38+,41-,43?/m1/s1. The van der Waals surface area contributed by atoms with E-state index in [-0.39, 0.29) is 16.6 Å². The summed E-state index contributed by atoms with van der Waals surface area (Å²) in [5, 5.41) is 2.37. The van der Waals surface area contributed by atoms with Gasteiger partial charge >= 0.3 is 11.9 Å². The maximum Gasteiger partial charge on any atom is 0.355 e. The Balaban J connectivity index is 1.76. The van der Waals surface area contributed by atoms with Gasteiger partial charge in [-0.2, -0.15) is 0 Å². The average Bonchev–Trinajstić information content (AvgIpc) is 3.17. The molecule has 0 bridgehead atoms. The molecule has 1 fully saturated rings. The normalized spacial score (nSPS) is 17.0.